The fraction of sp³-hybridized carbons (Fsp3) is 0.800. The van der Waals surface area contributed by atoms with E-state index in [-0.39, 0.29) is 11.3 Å². The molecule has 2 atom stereocenters. The van der Waals surface area contributed by atoms with Crippen molar-refractivity contribution in [3.8, 4) is 0 Å². The maximum absolute atomic E-state index is 11.4. The normalized spacial score (nSPS) is 27.9. The minimum Gasteiger partial charge on any atom is -0.309 e. The van der Waals surface area contributed by atoms with Crippen molar-refractivity contribution in [1.82, 2.24) is 5.32 Å². The summed E-state index contributed by atoms with van der Waals surface area (Å²) in [5.41, 5.74) is 1.05. The molecule has 2 unspecified atom stereocenters. The molecule has 4 heteroatoms. The standard InChI is InChI=1S/C10H19NO2S/c1-8(2)7-11-9-5-4-6-10(9)14(3,12)13/h9-11H,1,4-7H2,2-3H3. The second-order valence-electron chi connectivity index (χ2n) is 4.24. The van der Waals surface area contributed by atoms with Crippen LogP contribution in [-0.2, 0) is 9.84 Å². The zero-order chi connectivity index (χ0) is 10.8. The highest BCUT2D eigenvalue weighted by Crippen LogP contribution is 2.24. The van der Waals surface area contributed by atoms with Crippen LogP contribution in [0.15, 0.2) is 12.2 Å². The van der Waals surface area contributed by atoms with Gasteiger partial charge < -0.3 is 5.32 Å². The number of nitrogens with one attached hydrogen (secondary N) is 1. The molecule has 0 spiro atoms. The van der Waals surface area contributed by atoms with Crippen molar-refractivity contribution in [2.75, 3.05) is 12.8 Å². The maximum atomic E-state index is 11.4. The molecule has 1 aliphatic carbocycles. The third kappa shape index (κ3) is 3.10. The molecule has 1 rings (SSSR count). The number of hydrogen-bond acceptors (Lipinski definition) is 3. The Morgan fingerprint density at radius 2 is 2.14 bits per heavy atom. The fourth-order valence-corrected chi connectivity index (χ4v) is 3.40. The van der Waals surface area contributed by atoms with E-state index in [2.05, 4.69) is 11.9 Å². The lowest BCUT2D eigenvalue weighted by Gasteiger charge is -2.19. The van der Waals surface area contributed by atoms with Gasteiger partial charge in [0.1, 0.15) is 0 Å². The number of rotatable bonds is 4. The van der Waals surface area contributed by atoms with Crippen LogP contribution in [0.1, 0.15) is 26.2 Å². The lowest BCUT2D eigenvalue weighted by Crippen LogP contribution is -2.40. The molecule has 14 heavy (non-hydrogen) atoms. The highest BCUT2D eigenvalue weighted by molar-refractivity contribution is 7.91. The van der Waals surface area contributed by atoms with Gasteiger partial charge in [-0.1, -0.05) is 18.6 Å². The first kappa shape index (κ1) is 11.7. The van der Waals surface area contributed by atoms with Crippen LogP contribution in [0.25, 0.3) is 0 Å². The van der Waals surface area contributed by atoms with Crippen molar-refractivity contribution in [1.29, 1.82) is 0 Å². The molecule has 0 radical (unpaired) electrons. The Bertz CT molecular complexity index is 308. The monoisotopic (exact) mass is 217 g/mol. The van der Waals surface area contributed by atoms with Crippen LogP contribution in [0.3, 0.4) is 0 Å². The summed E-state index contributed by atoms with van der Waals surface area (Å²) in [6.45, 7) is 6.45. The minimum absolute atomic E-state index is 0.127. The molecule has 1 saturated carbocycles. The molecule has 0 bridgehead atoms. The van der Waals surface area contributed by atoms with Gasteiger partial charge in [0.15, 0.2) is 9.84 Å². The molecule has 0 saturated heterocycles. The van der Waals surface area contributed by atoms with Gasteiger partial charge in [0.2, 0.25) is 0 Å². The van der Waals surface area contributed by atoms with E-state index in [1.54, 1.807) is 0 Å². The van der Waals surface area contributed by atoms with Gasteiger partial charge in [-0.25, -0.2) is 8.42 Å². The topological polar surface area (TPSA) is 46.2 Å². The van der Waals surface area contributed by atoms with E-state index in [0.717, 1.165) is 31.4 Å². The molecule has 1 fully saturated rings. The molecular weight excluding hydrogens is 198 g/mol. The lowest BCUT2D eigenvalue weighted by molar-refractivity contribution is 0.524. The Morgan fingerprint density at radius 3 is 2.64 bits per heavy atom. The van der Waals surface area contributed by atoms with Gasteiger partial charge in [-0.2, -0.15) is 0 Å². The highest BCUT2D eigenvalue weighted by atomic mass is 32.2. The van der Waals surface area contributed by atoms with Gasteiger partial charge in [-0.15, -0.1) is 0 Å². The zero-order valence-corrected chi connectivity index (χ0v) is 9.73. The van der Waals surface area contributed by atoms with Crippen LogP contribution in [0.5, 0.6) is 0 Å². The highest BCUT2D eigenvalue weighted by Gasteiger charge is 2.34. The first-order valence-corrected chi connectivity index (χ1v) is 6.93. The number of sulfone groups is 1. The SMILES string of the molecule is C=C(C)CNC1CCCC1S(C)(=O)=O. The van der Waals surface area contributed by atoms with E-state index in [1.807, 2.05) is 6.92 Å². The summed E-state index contributed by atoms with van der Waals surface area (Å²) in [5, 5.41) is 3.07. The van der Waals surface area contributed by atoms with Crippen LogP contribution in [-0.4, -0.2) is 32.5 Å². The van der Waals surface area contributed by atoms with Crippen LogP contribution in [0.2, 0.25) is 0 Å². The average molecular weight is 217 g/mol. The predicted molar refractivity (Wildman–Crippen MR) is 59.1 cm³/mol. The van der Waals surface area contributed by atoms with Crippen molar-refractivity contribution in [3.05, 3.63) is 12.2 Å². The maximum Gasteiger partial charge on any atom is 0.151 e. The zero-order valence-electron chi connectivity index (χ0n) is 8.91. The summed E-state index contributed by atoms with van der Waals surface area (Å²) in [5.74, 6) is 0. The summed E-state index contributed by atoms with van der Waals surface area (Å²) in [4.78, 5) is 0. The Labute approximate surface area is 86.5 Å². The van der Waals surface area contributed by atoms with Crippen molar-refractivity contribution < 1.29 is 8.42 Å². The third-order valence-corrected chi connectivity index (χ3v) is 4.33. The Morgan fingerprint density at radius 1 is 1.50 bits per heavy atom. The number of hydrogen-bond donors (Lipinski definition) is 1. The summed E-state index contributed by atoms with van der Waals surface area (Å²) >= 11 is 0. The summed E-state index contributed by atoms with van der Waals surface area (Å²) in [6.07, 6.45) is 4.10. The van der Waals surface area contributed by atoms with Gasteiger partial charge >= 0.3 is 0 Å². The average Bonchev–Trinajstić information content (AvgIpc) is 2.46. The van der Waals surface area contributed by atoms with Crippen LogP contribution in [0.4, 0.5) is 0 Å². The summed E-state index contributed by atoms with van der Waals surface area (Å²) in [7, 11) is -2.89. The van der Waals surface area contributed by atoms with Crippen LogP contribution >= 0.6 is 0 Å². The van der Waals surface area contributed by atoms with Gasteiger partial charge in [-0.05, 0) is 19.8 Å². The van der Waals surface area contributed by atoms with Crippen molar-refractivity contribution in [2.24, 2.45) is 0 Å². The first-order chi connectivity index (χ1) is 6.41. The quantitative estimate of drug-likeness (QED) is 0.718. The smallest absolute Gasteiger partial charge is 0.151 e. The van der Waals surface area contributed by atoms with Gasteiger partial charge in [0, 0.05) is 18.8 Å². The van der Waals surface area contributed by atoms with Crippen molar-refractivity contribution >= 4 is 9.84 Å². The van der Waals surface area contributed by atoms with E-state index in [4.69, 9.17) is 0 Å². The molecule has 0 amide bonds. The van der Waals surface area contributed by atoms with E-state index < -0.39 is 9.84 Å². The second-order valence-corrected chi connectivity index (χ2v) is 6.51. The molecule has 1 N–H and O–H groups in total. The van der Waals surface area contributed by atoms with Crippen LogP contribution in [0, 0.1) is 0 Å². The molecule has 0 aromatic heterocycles. The van der Waals surface area contributed by atoms with Gasteiger partial charge in [-0.3, -0.25) is 0 Å². The minimum atomic E-state index is -2.89. The van der Waals surface area contributed by atoms with Gasteiger partial charge in [0.05, 0.1) is 5.25 Å². The first-order valence-electron chi connectivity index (χ1n) is 4.98. The molecule has 1 aliphatic rings. The second kappa shape index (κ2) is 4.45. The fourth-order valence-electron chi connectivity index (χ4n) is 1.98. The third-order valence-electron chi connectivity index (χ3n) is 2.67. The summed E-state index contributed by atoms with van der Waals surface area (Å²) < 4.78 is 22.9. The lowest BCUT2D eigenvalue weighted by atomic mass is 10.2. The van der Waals surface area contributed by atoms with Crippen LogP contribution < -0.4 is 5.32 Å². The predicted octanol–water partition coefficient (Wildman–Crippen LogP) is 1.12. The molecule has 0 heterocycles. The Kier molecular flexibility index (Phi) is 3.72. The molecule has 82 valence electrons. The molecule has 0 aromatic rings. The van der Waals surface area contributed by atoms with Gasteiger partial charge in [0.25, 0.3) is 0 Å². The Balaban J connectivity index is 2.56. The van der Waals surface area contributed by atoms with Crippen molar-refractivity contribution in [2.45, 2.75) is 37.5 Å². The van der Waals surface area contributed by atoms with E-state index in [9.17, 15) is 8.42 Å². The van der Waals surface area contributed by atoms with E-state index in [1.165, 1.54) is 6.26 Å². The largest absolute Gasteiger partial charge is 0.309 e. The van der Waals surface area contributed by atoms with E-state index >= 15 is 0 Å². The Hall–Kier alpha value is -0.350. The molecular formula is C10H19NO2S. The summed E-state index contributed by atoms with van der Waals surface area (Å²) in [6, 6.07) is 0.127. The molecule has 0 aromatic carbocycles. The molecule has 0 aliphatic heterocycles. The van der Waals surface area contributed by atoms with E-state index in [0.29, 0.717) is 0 Å². The van der Waals surface area contributed by atoms with Crippen molar-refractivity contribution in [3.63, 3.8) is 0 Å². The molecule has 3 nitrogen and oxygen atoms in total.